The minimum atomic E-state index is -1.09. The average molecular weight is 1110 g/mol. The number of ether oxygens (including phenoxy) is 1. The Morgan fingerprint density at radius 2 is 0.915 bits per heavy atom. The van der Waals surface area contributed by atoms with Crippen LogP contribution >= 0.6 is 0 Å². The standard InChI is InChI=1S/C36H37FN2O3.C32H29FN2O3.2CH4/c1-24(25-12-6-5-7-13-25)38-34(40)27-19-20-32-26(22-27)15-11-21-39(32)23-28-14-10-18-30(33(28)37)29-16-8-9-17-31(29)35(41)42-36(2,3)4;1-21(22-9-3-2-4-10-22)34-31(36)24-16-17-29-23(19-24)12-8-18-35(29)20-25-11-7-15-27(30(25)33)26-13-5-6-14-28(26)32(37)38;;/h5-10,12-14,16-20,22,24H,11,15,21,23H2,1-4H3,(H,38,40);2-7,9-11,13-17,19,21H,8,12,18,20H2,1H3,(H,34,36)(H,37,38);2*1H4/t24-;21-;;/m00../s1. The second-order valence-corrected chi connectivity index (χ2v) is 21.4. The molecular formula is C70H74F2N4O6. The number of carboxylic acid groups (broad SMARTS) is 1. The van der Waals surface area contributed by atoms with Gasteiger partial charge < -0.3 is 30.3 Å². The highest BCUT2D eigenvalue weighted by Crippen LogP contribution is 2.36. The quantitative estimate of drug-likeness (QED) is 0.0919. The van der Waals surface area contributed by atoms with Crippen LogP contribution in [0.4, 0.5) is 20.2 Å². The number of aryl methyl sites for hydroxylation is 2. The third kappa shape index (κ3) is 14.3. The first-order valence-electron chi connectivity index (χ1n) is 27.2. The largest absolute Gasteiger partial charge is 0.478 e. The van der Waals surface area contributed by atoms with E-state index in [9.17, 15) is 24.3 Å². The molecule has 2 aliphatic rings. The molecule has 0 bridgehead atoms. The molecule has 8 aromatic rings. The Morgan fingerprint density at radius 3 is 1.34 bits per heavy atom. The number of halogens is 2. The summed E-state index contributed by atoms with van der Waals surface area (Å²) in [5.41, 5.74) is 9.72. The van der Waals surface area contributed by atoms with E-state index in [1.54, 1.807) is 72.8 Å². The van der Waals surface area contributed by atoms with Crippen molar-refractivity contribution in [3.8, 4) is 22.3 Å². The van der Waals surface area contributed by atoms with Crippen LogP contribution in [0.3, 0.4) is 0 Å². The summed E-state index contributed by atoms with van der Waals surface area (Å²) in [5.74, 6) is -2.59. The van der Waals surface area contributed by atoms with E-state index in [-0.39, 0.29) is 55.7 Å². The number of carboxylic acids is 1. The third-order valence-electron chi connectivity index (χ3n) is 14.6. The van der Waals surface area contributed by atoms with Crippen molar-refractivity contribution in [1.82, 2.24) is 10.6 Å². The van der Waals surface area contributed by atoms with Crippen LogP contribution in [0.1, 0.15) is 149 Å². The maximum absolute atomic E-state index is 16.1. The van der Waals surface area contributed by atoms with Gasteiger partial charge in [-0.3, -0.25) is 9.59 Å². The number of benzene rings is 8. The molecule has 2 heterocycles. The van der Waals surface area contributed by atoms with Crippen LogP contribution in [0, 0.1) is 11.6 Å². The van der Waals surface area contributed by atoms with Crippen molar-refractivity contribution in [3.05, 3.63) is 249 Å². The van der Waals surface area contributed by atoms with Crippen molar-refractivity contribution in [2.75, 3.05) is 22.9 Å². The number of amides is 2. The summed E-state index contributed by atoms with van der Waals surface area (Å²) in [4.78, 5) is 54.9. The van der Waals surface area contributed by atoms with E-state index >= 15 is 8.78 Å². The molecule has 0 spiro atoms. The van der Waals surface area contributed by atoms with Gasteiger partial charge in [0.05, 0.1) is 23.2 Å². The van der Waals surface area contributed by atoms with E-state index in [1.165, 1.54) is 6.07 Å². The van der Waals surface area contributed by atoms with Crippen molar-refractivity contribution < 1.29 is 37.8 Å². The molecule has 424 valence electrons. The number of hydrogen-bond acceptors (Lipinski definition) is 7. The monoisotopic (exact) mass is 1100 g/mol. The summed E-state index contributed by atoms with van der Waals surface area (Å²) in [6.45, 7) is 11.6. The van der Waals surface area contributed by atoms with E-state index in [0.717, 1.165) is 72.4 Å². The van der Waals surface area contributed by atoms with Crippen LogP contribution in [-0.4, -0.2) is 47.6 Å². The number of nitrogens with zero attached hydrogens (tertiary/aromatic N) is 2. The van der Waals surface area contributed by atoms with Crippen LogP contribution in [0.2, 0.25) is 0 Å². The first kappa shape index (κ1) is 60.7. The van der Waals surface area contributed by atoms with Gasteiger partial charge in [-0.15, -0.1) is 0 Å². The molecule has 0 fully saturated rings. The molecule has 0 aliphatic carbocycles. The van der Waals surface area contributed by atoms with Crippen LogP contribution in [-0.2, 0) is 30.7 Å². The van der Waals surface area contributed by atoms with Gasteiger partial charge in [0, 0.05) is 70.9 Å². The van der Waals surface area contributed by atoms with Gasteiger partial charge in [-0.05, 0) is 142 Å². The number of rotatable bonds is 14. The van der Waals surface area contributed by atoms with Crippen LogP contribution < -0.4 is 20.4 Å². The van der Waals surface area contributed by atoms with E-state index in [4.69, 9.17) is 4.74 Å². The number of fused-ring (bicyclic) bond motifs is 2. The summed E-state index contributed by atoms with van der Waals surface area (Å²) < 4.78 is 37.4. The first-order chi connectivity index (χ1) is 38.5. The summed E-state index contributed by atoms with van der Waals surface area (Å²) in [7, 11) is 0. The minimum absolute atomic E-state index is 0. The van der Waals surface area contributed by atoms with Crippen LogP contribution in [0.15, 0.2) is 182 Å². The highest BCUT2D eigenvalue weighted by molar-refractivity contribution is 5.98. The lowest BCUT2D eigenvalue weighted by atomic mass is 9.95. The topological polar surface area (TPSA) is 128 Å². The number of aromatic carboxylic acids is 1. The third-order valence-corrected chi connectivity index (χ3v) is 14.6. The number of carbonyl (C=O) groups excluding carboxylic acids is 3. The predicted octanol–water partition coefficient (Wildman–Crippen LogP) is 15.8. The molecule has 8 aromatic carbocycles. The molecule has 10 rings (SSSR count). The zero-order valence-electron chi connectivity index (χ0n) is 45.8. The predicted molar refractivity (Wildman–Crippen MR) is 326 cm³/mol. The molecule has 0 aromatic heterocycles. The SMILES string of the molecule is C.C.C[C@H](NC(=O)c1ccc2c(c1)CCCN2Cc1cccc(-c2ccccc2C(=O)O)c1F)c1ccccc1.C[C@H](NC(=O)c1ccc2c(c1)CCCN2Cc1cccc(-c2ccccc2C(=O)OC(C)(C)C)c1F)c1ccccc1. The van der Waals surface area contributed by atoms with Gasteiger partial charge in [0.1, 0.15) is 17.2 Å². The lowest BCUT2D eigenvalue weighted by Gasteiger charge is -2.32. The molecule has 82 heavy (non-hydrogen) atoms. The van der Waals surface area contributed by atoms with Crippen molar-refractivity contribution >= 4 is 35.1 Å². The summed E-state index contributed by atoms with van der Waals surface area (Å²) in [5, 5.41) is 15.7. The highest BCUT2D eigenvalue weighted by atomic mass is 19.1. The fourth-order valence-electron chi connectivity index (χ4n) is 10.5. The van der Waals surface area contributed by atoms with Gasteiger partial charge in [0.15, 0.2) is 0 Å². The Hall–Kier alpha value is -8.90. The maximum Gasteiger partial charge on any atom is 0.339 e. The summed E-state index contributed by atoms with van der Waals surface area (Å²) in [6, 6.07) is 54.8. The van der Waals surface area contributed by atoms with Gasteiger partial charge in [0.25, 0.3) is 11.8 Å². The smallest absolute Gasteiger partial charge is 0.339 e. The normalized spacial score (nSPS) is 13.3. The number of hydrogen-bond donors (Lipinski definition) is 3. The van der Waals surface area contributed by atoms with Gasteiger partial charge in [0.2, 0.25) is 0 Å². The molecule has 0 saturated carbocycles. The molecule has 0 unspecified atom stereocenters. The second-order valence-electron chi connectivity index (χ2n) is 21.4. The van der Waals surface area contributed by atoms with Crippen LogP contribution in [0.25, 0.3) is 22.3 Å². The zero-order valence-corrected chi connectivity index (χ0v) is 45.8. The van der Waals surface area contributed by atoms with E-state index in [1.807, 2.05) is 138 Å². The molecule has 2 atom stereocenters. The second kappa shape index (κ2) is 27.0. The first-order valence-corrected chi connectivity index (χ1v) is 27.2. The van der Waals surface area contributed by atoms with E-state index in [0.29, 0.717) is 57.6 Å². The fourth-order valence-corrected chi connectivity index (χ4v) is 10.5. The Kier molecular flexibility index (Phi) is 20.0. The number of esters is 1. The molecule has 2 aliphatic heterocycles. The summed E-state index contributed by atoms with van der Waals surface area (Å²) >= 11 is 0. The number of nitrogens with one attached hydrogen (secondary N) is 2. The molecule has 3 N–H and O–H groups in total. The van der Waals surface area contributed by atoms with E-state index < -0.39 is 23.4 Å². The Balaban J connectivity index is 0.000000231. The molecule has 0 saturated heterocycles. The van der Waals surface area contributed by atoms with Gasteiger partial charge in [-0.1, -0.05) is 148 Å². The molecule has 10 nitrogen and oxygen atoms in total. The number of anilines is 2. The van der Waals surface area contributed by atoms with Crippen LogP contribution in [0.5, 0.6) is 0 Å². The van der Waals surface area contributed by atoms with E-state index in [2.05, 4.69) is 20.4 Å². The lowest BCUT2D eigenvalue weighted by Crippen LogP contribution is -2.30. The zero-order chi connectivity index (χ0) is 56.5. The molecular weight excluding hydrogens is 1030 g/mol. The Morgan fingerprint density at radius 1 is 0.524 bits per heavy atom. The maximum atomic E-state index is 16.1. The highest BCUT2D eigenvalue weighted by Gasteiger charge is 2.26. The van der Waals surface area contributed by atoms with Crippen molar-refractivity contribution in [2.24, 2.45) is 0 Å². The molecule has 12 heteroatoms. The minimum Gasteiger partial charge on any atom is -0.478 e. The lowest BCUT2D eigenvalue weighted by molar-refractivity contribution is 0.00699. The summed E-state index contributed by atoms with van der Waals surface area (Å²) in [6.07, 6.45) is 3.49. The molecule has 2 amide bonds. The van der Waals surface area contributed by atoms with Crippen molar-refractivity contribution in [2.45, 2.75) is 106 Å². The number of carbonyl (C=O) groups is 4. The van der Waals surface area contributed by atoms with Crippen molar-refractivity contribution in [3.63, 3.8) is 0 Å². The molecule has 0 radical (unpaired) electrons. The van der Waals surface area contributed by atoms with Gasteiger partial charge in [-0.2, -0.15) is 0 Å². The van der Waals surface area contributed by atoms with Gasteiger partial charge in [-0.25, -0.2) is 18.4 Å². The average Bonchev–Trinajstić information content (AvgIpc) is 3.51. The Labute approximate surface area is 481 Å². The van der Waals surface area contributed by atoms with Gasteiger partial charge >= 0.3 is 11.9 Å². The fraction of sp³-hybridized carbons (Fsp3) is 0.257. The Bertz CT molecular complexity index is 3540. The van der Waals surface area contributed by atoms with Crippen molar-refractivity contribution in [1.29, 1.82) is 0 Å².